The maximum absolute atomic E-state index is 12.4. The van der Waals surface area contributed by atoms with Crippen LogP contribution >= 0.6 is 0 Å². The molecule has 6 nitrogen and oxygen atoms in total. The fourth-order valence-electron chi connectivity index (χ4n) is 2.40. The largest absolute Gasteiger partial charge is 0.338 e. The number of nitrogens with one attached hydrogen (secondary N) is 2. The molecule has 0 aliphatic heterocycles. The van der Waals surface area contributed by atoms with E-state index in [1.807, 2.05) is 36.4 Å². The molecule has 0 aliphatic rings. The number of hydrogen-bond donors (Lipinski definition) is 4. The summed E-state index contributed by atoms with van der Waals surface area (Å²) in [7, 11) is 0. The number of amides is 2. The summed E-state index contributed by atoms with van der Waals surface area (Å²) in [6, 6.07) is 15.4. The number of allylic oxidation sites excluding steroid dienone is 1. The van der Waals surface area contributed by atoms with E-state index in [-0.39, 0.29) is 0 Å². The summed E-state index contributed by atoms with van der Waals surface area (Å²) in [6.45, 7) is 3.16. The average molecular weight is 377 g/mol. The lowest BCUT2D eigenvalue weighted by Crippen LogP contribution is -2.61. The number of hydroxylamine groups is 1. The number of hydrogen-bond acceptors (Lipinski definition) is 4. The third-order valence-electron chi connectivity index (χ3n) is 3.91. The fraction of sp³-hybridized carbons (Fsp3) is 0.182. The van der Waals surface area contributed by atoms with Crippen LogP contribution in [0.15, 0.2) is 60.7 Å². The van der Waals surface area contributed by atoms with Crippen molar-refractivity contribution in [2.75, 3.05) is 0 Å². The first-order valence-corrected chi connectivity index (χ1v) is 8.68. The Morgan fingerprint density at radius 2 is 1.75 bits per heavy atom. The molecule has 2 rings (SSSR count). The lowest BCUT2D eigenvalue weighted by atomic mass is 9.95. The Labute approximate surface area is 164 Å². The lowest BCUT2D eigenvalue weighted by molar-refractivity contribution is -0.132. The minimum absolute atomic E-state index is 0.368. The molecule has 0 aliphatic carbocycles. The summed E-state index contributed by atoms with van der Waals surface area (Å²) in [5, 5.41) is 11.4. The molecule has 0 saturated heterocycles. The van der Waals surface area contributed by atoms with Gasteiger partial charge in [-0.2, -0.15) is 0 Å². The summed E-state index contributed by atoms with van der Waals surface area (Å²) < 4.78 is 0. The van der Waals surface area contributed by atoms with Crippen molar-refractivity contribution in [2.24, 2.45) is 5.73 Å². The maximum atomic E-state index is 12.4. The molecule has 0 unspecified atom stereocenters. The van der Waals surface area contributed by atoms with Crippen LogP contribution in [0.25, 0.3) is 6.08 Å². The monoisotopic (exact) mass is 377 g/mol. The molecule has 0 heterocycles. The Bertz CT molecular complexity index is 902. The Kier molecular flexibility index (Phi) is 7.10. The van der Waals surface area contributed by atoms with Crippen LogP contribution in [-0.4, -0.2) is 28.6 Å². The standard InChI is InChI=1S/C22H23N3O3/c1-22(2,23)19(21(27)25-28)24-20(26)18-14-12-17(13-15-18)11-7-6-10-16-8-4-3-5-9-16/h3-5,7-9,11-15,19,28H,23H2,1-2H3,(H,24,26)(H,25,27)/t19-/m1/s1. The normalized spacial score (nSPS) is 12.0. The summed E-state index contributed by atoms with van der Waals surface area (Å²) in [6.07, 6.45) is 3.57. The van der Waals surface area contributed by atoms with Crippen LogP contribution in [0.3, 0.4) is 0 Å². The van der Waals surface area contributed by atoms with Gasteiger partial charge in [-0.05, 0) is 55.8 Å². The number of carbonyl (C=O) groups is 2. The molecule has 0 spiro atoms. The topological polar surface area (TPSA) is 104 Å². The van der Waals surface area contributed by atoms with Gasteiger partial charge < -0.3 is 11.1 Å². The molecule has 0 radical (unpaired) electrons. The van der Waals surface area contributed by atoms with Crippen molar-refractivity contribution >= 4 is 17.9 Å². The molecular weight excluding hydrogens is 354 g/mol. The molecule has 0 bridgehead atoms. The molecule has 28 heavy (non-hydrogen) atoms. The van der Waals surface area contributed by atoms with Crippen LogP contribution < -0.4 is 16.5 Å². The van der Waals surface area contributed by atoms with Crippen LogP contribution in [0, 0.1) is 11.8 Å². The zero-order valence-corrected chi connectivity index (χ0v) is 15.8. The molecule has 6 heteroatoms. The highest BCUT2D eigenvalue weighted by Crippen LogP contribution is 2.10. The minimum Gasteiger partial charge on any atom is -0.338 e. The Hall–Kier alpha value is -3.40. The van der Waals surface area contributed by atoms with Gasteiger partial charge in [0, 0.05) is 16.7 Å². The number of rotatable bonds is 5. The lowest BCUT2D eigenvalue weighted by Gasteiger charge is -2.29. The van der Waals surface area contributed by atoms with E-state index in [1.165, 1.54) is 5.48 Å². The minimum atomic E-state index is -1.09. The molecule has 0 aromatic heterocycles. The third-order valence-corrected chi connectivity index (χ3v) is 3.91. The molecule has 144 valence electrons. The van der Waals surface area contributed by atoms with Gasteiger partial charge in [-0.1, -0.05) is 42.2 Å². The summed E-state index contributed by atoms with van der Waals surface area (Å²) >= 11 is 0. The van der Waals surface area contributed by atoms with Gasteiger partial charge >= 0.3 is 0 Å². The van der Waals surface area contributed by atoms with E-state index in [2.05, 4.69) is 17.2 Å². The molecule has 2 aromatic rings. The second kappa shape index (κ2) is 9.51. The first kappa shape index (κ1) is 20.9. The highest BCUT2D eigenvalue weighted by molar-refractivity contribution is 5.98. The van der Waals surface area contributed by atoms with Crippen LogP contribution in [-0.2, 0) is 4.79 Å². The van der Waals surface area contributed by atoms with Gasteiger partial charge in [0.25, 0.3) is 11.8 Å². The van der Waals surface area contributed by atoms with Crippen molar-refractivity contribution in [1.29, 1.82) is 0 Å². The molecule has 2 amide bonds. The molecule has 1 atom stereocenters. The van der Waals surface area contributed by atoms with Gasteiger partial charge in [-0.3, -0.25) is 14.8 Å². The second-order valence-electron chi connectivity index (χ2n) is 6.79. The van der Waals surface area contributed by atoms with Crippen LogP contribution in [0.1, 0.15) is 35.3 Å². The Morgan fingerprint density at radius 1 is 1.11 bits per heavy atom. The van der Waals surface area contributed by atoms with E-state index >= 15 is 0 Å². The highest BCUT2D eigenvalue weighted by atomic mass is 16.5. The van der Waals surface area contributed by atoms with Gasteiger partial charge in [0.1, 0.15) is 6.04 Å². The van der Waals surface area contributed by atoms with Crippen LogP contribution in [0.5, 0.6) is 0 Å². The number of nitrogens with two attached hydrogens (primary N) is 1. The van der Waals surface area contributed by atoms with Gasteiger partial charge in [0.15, 0.2) is 0 Å². The van der Waals surface area contributed by atoms with E-state index < -0.39 is 23.4 Å². The van der Waals surface area contributed by atoms with E-state index in [9.17, 15) is 9.59 Å². The molecule has 2 aromatic carbocycles. The first-order valence-electron chi connectivity index (χ1n) is 8.68. The molecule has 0 saturated carbocycles. The predicted molar refractivity (Wildman–Crippen MR) is 108 cm³/mol. The number of carbonyl (C=O) groups excluding carboxylic acids is 2. The zero-order chi connectivity index (χ0) is 20.6. The molecule has 0 fully saturated rings. The van der Waals surface area contributed by atoms with Crippen molar-refractivity contribution in [2.45, 2.75) is 25.4 Å². The highest BCUT2D eigenvalue weighted by Gasteiger charge is 2.33. The Morgan fingerprint density at radius 3 is 2.32 bits per heavy atom. The zero-order valence-electron chi connectivity index (χ0n) is 15.8. The third kappa shape index (κ3) is 6.09. The van der Waals surface area contributed by atoms with Crippen molar-refractivity contribution in [3.05, 3.63) is 77.4 Å². The van der Waals surface area contributed by atoms with Crippen molar-refractivity contribution in [3.8, 4) is 11.8 Å². The maximum Gasteiger partial charge on any atom is 0.267 e. The SMILES string of the molecule is CC(C)(N)[C@H](NC(=O)c1ccc(C=CC#Cc2ccccc2)cc1)C(=O)NO. The average Bonchev–Trinajstić information content (AvgIpc) is 2.69. The van der Waals surface area contributed by atoms with E-state index in [4.69, 9.17) is 10.9 Å². The van der Waals surface area contributed by atoms with Crippen LogP contribution in [0.2, 0.25) is 0 Å². The first-order chi connectivity index (χ1) is 13.3. The summed E-state index contributed by atoms with van der Waals surface area (Å²) in [5.74, 6) is 4.74. The fourth-order valence-corrected chi connectivity index (χ4v) is 2.40. The van der Waals surface area contributed by atoms with Crippen molar-refractivity contribution in [1.82, 2.24) is 10.8 Å². The van der Waals surface area contributed by atoms with Crippen molar-refractivity contribution < 1.29 is 14.8 Å². The number of benzene rings is 2. The predicted octanol–water partition coefficient (Wildman–Crippen LogP) is 2.09. The van der Waals surface area contributed by atoms with Gasteiger partial charge in [0.2, 0.25) is 0 Å². The van der Waals surface area contributed by atoms with Crippen LogP contribution in [0.4, 0.5) is 0 Å². The summed E-state index contributed by atoms with van der Waals surface area (Å²) in [4.78, 5) is 24.1. The van der Waals surface area contributed by atoms with Gasteiger partial charge in [-0.15, -0.1) is 0 Å². The molecular formula is C22H23N3O3. The second-order valence-corrected chi connectivity index (χ2v) is 6.79. The smallest absolute Gasteiger partial charge is 0.267 e. The van der Waals surface area contributed by atoms with Gasteiger partial charge in [0.05, 0.1) is 0 Å². The van der Waals surface area contributed by atoms with E-state index in [0.717, 1.165) is 11.1 Å². The van der Waals surface area contributed by atoms with E-state index in [0.29, 0.717) is 5.56 Å². The Balaban J connectivity index is 2.03. The van der Waals surface area contributed by atoms with Crippen molar-refractivity contribution in [3.63, 3.8) is 0 Å². The molecule has 5 N–H and O–H groups in total. The van der Waals surface area contributed by atoms with E-state index in [1.54, 1.807) is 44.2 Å². The summed E-state index contributed by atoms with van der Waals surface area (Å²) in [5.41, 5.74) is 8.56. The quantitative estimate of drug-likeness (QED) is 0.364. The van der Waals surface area contributed by atoms with Gasteiger partial charge in [-0.25, -0.2) is 5.48 Å².